The Morgan fingerprint density at radius 1 is 1.17 bits per heavy atom. The molecule has 1 aromatic carbocycles. The molecule has 222 valence electrons. The number of nitrogens with one attached hydrogen (secondary N) is 2. The van der Waals surface area contributed by atoms with Crippen LogP contribution in [-0.2, 0) is 5.41 Å². The number of rotatable bonds is 5. The van der Waals surface area contributed by atoms with Gasteiger partial charge in [-0.2, -0.15) is 52.7 Å². The van der Waals surface area contributed by atoms with E-state index in [9.17, 15) is 27.5 Å². The number of nitrogen functional groups attached to an aromatic ring is 1. The lowest BCUT2D eigenvalue weighted by atomic mass is 9.90. The first-order valence-corrected chi connectivity index (χ1v) is 13.6. The van der Waals surface area contributed by atoms with Crippen LogP contribution in [0.3, 0.4) is 0 Å². The number of anilines is 3. The van der Waals surface area contributed by atoms with Gasteiger partial charge in [0.2, 0.25) is 5.88 Å². The molecule has 0 atom stereocenters. The van der Waals surface area contributed by atoms with E-state index in [0.29, 0.717) is 35.1 Å². The van der Waals surface area contributed by atoms with Crippen molar-refractivity contribution in [1.29, 1.82) is 0 Å². The zero-order valence-corrected chi connectivity index (χ0v) is 23.4. The Bertz CT molecular complexity index is 1620. The van der Waals surface area contributed by atoms with Crippen LogP contribution in [0.4, 0.5) is 39.7 Å². The average molecular weight is 650 g/mol. The van der Waals surface area contributed by atoms with E-state index in [2.05, 4.69) is 30.9 Å². The number of nitrogens with two attached hydrogens (primary N) is 1. The molecule has 4 aromatic rings. The lowest BCUT2D eigenvalue weighted by Crippen LogP contribution is -2.31. The van der Waals surface area contributed by atoms with Crippen molar-refractivity contribution in [2.45, 2.75) is 49.4 Å². The molecule has 42 heavy (non-hydrogen) atoms. The van der Waals surface area contributed by atoms with E-state index >= 15 is 0 Å². The van der Waals surface area contributed by atoms with Crippen molar-refractivity contribution in [3.63, 3.8) is 0 Å². The SMILES string of the molecule is ClB(Cl)Cl.Nc1ncnc2c1c(-c1ccc(NC(=O)Nc3cc(C4(C(F)(F)F)CC4)no3)c(F)c1)nn2C1CC(O)C1. The molecule has 0 bridgehead atoms. The lowest BCUT2D eigenvalue weighted by molar-refractivity contribution is -0.161. The van der Waals surface area contributed by atoms with Crippen molar-refractivity contribution in [3.05, 3.63) is 42.1 Å². The summed E-state index contributed by atoms with van der Waals surface area (Å²) in [6.45, 7) is 0. The van der Waals surface area contributed by atoms with Crippen LogP contribution >= 0.6 is 34.4 Å². The quantitative estimate of drug-likeness (QED) is 0.156. The number of amides is 2. The summed E-state index contributed by atoms with van der Waals surface area (Å²) in [5, 5.41) is 22.6. The van der Waals surface area contributed by atoms with Crippen LogP contribution in [-0.4, -0.2) is 53.3 Å². The molecule has 2 amide bonds. The standard InChI is InChI=1S/C23H20F4N8O3.BCl3/c24-13-5-10(18-17-19(28)29-9-30-20(17)35(33-18)11-6-12(36)7-11)1-2-14(13)31-21(37)32-16-8-15(34-38-16)22(3-4-22)23(25,26)27;2-1(3)4/h1-2,5,8-9,11-12,36H,3-4,6-7H2,(H2,28,29,30)(H2,31,32,37);. The molecule has 3 heterocycles. The second-order valence-corrected chi connectivity index (χ2v) is 11.7. The minimum absolute atomic E-state index is 0.0902. The minimum Gasteiger partial charge on any atom is -0.393 e. The third-order valence-corrected chi connectivity index (χ3v) is 6.97. The van der Waals surface area contributed by atoms with Gasteiger partial charge in [0.05, 0.1) is 23.2 Å². The predicted octanol–water partition coefficient (Wildman–Crippen LogP) is 5.82. The Labute approximate surface area is 249 Å². The van der Waals surface area contributed by atoms with Crippen LogP contribution in [0, 0.1) is 5.82 Å². The normalized spacial score (nSPS) is 19.0. The number of carbonyl (C=O) groups excluding carboxylic acids is 1. The lowest BCUT2D eigenvalue weighted by Gasteiger charge is -2.31. The molecule has 0 spiro atoms. The molecule has 0 unspecified atom stereocenters. The molecule has 2 fully saturated rings. The van der Waals surface area contributed by atoms with Gasteiger partial charge in [-0.15, -0.1) is 0 Å². The molecule has 2 aliphatic carbocycles. The van der Waals surface area contributed by atoms with E-state index in [1.807, 2.05) is 0 Å². The molecular weight excluding hydrogens is 629 g/mol. The third-order valence-electron chi connectivity index (χ3n) is 6.97. The maximum Gasteiger partial charge on any atom is 0.450 e. The molecule has 3 aromatic heterocycles. The smallest absolute Gasteiger partial charge is 0.393 e. The largest absolute Gasteiger partial charge is 0.450 e. The van der Waals surface area contributed by atoms with Crippen molar-refractivity contribution in [3.8, 4) is 11.3 Å². The van der Waals surface area contributed by atoms with Crippen molar-refractivity contribution in [1.82, 2.24) is 24.9 Å². The number of hydrogen-bond acceptors (Lipinski definition) is 8. The number of hydrogen-bond donors (Lipinski definition) is 4. The number of aliphatic hydroxyl groups is 1. The first-order valence-electron chi connectivity index (χ1n) is 12.3. The summed E-state index contributed by atoms with van der Waals surface area (Å²) in [7, 11) is 0. The fraction of sp³-hybridized carbons (Fsp3) is 0.348. The summed E-state index contributed by atoms with van der Waals surface area (Å²) < 4.78 is 61.3. The van der Waals surface area contributed by atoms with Gasteiger partial charge in [0.1, 0.15) is 34.8 Å². The zero-order chi connectivity index (χ0) is 30.4. The Kier molecular flexibility index (Phi) is 8.17. The van der Waals surface area contributed by atoms with E-state index in [1.54, 1.807) is 4.68 Å². The topological polar surface area (TPSA) is 157 Å². The number of alkyl halides is 3. The van der Waals surface area contributed by atoms with Crippen LogP contribution in [0.1, 0.15) is 37.4 Å². The molecule has 0 saturated heterocycles. The predicted molar refractivity (Wildman–Crippen MR) is 149 cm³/mol. The highest BCUT2D eigenvalue weighted by atomic mass is 35.6. The first kappa shape index (κ1) is 30.1. The molecule has 5 N–H and O–H groups in total. The zero-order valence-electron chi connectivity index (χ0n) is 21.2. The summed E-state index contributed by atoms with van der Waals surface area (Å²) >= 11 is 14.4. The molecular formula is C23H20BCl3F4N8O3. The maximum absolute atomic E-state index is 15.0. The molecule has 0 aliphatic heterocycles. The fourth-order valence-electron chi connectivity index (χ4n) is 4.61. The van der Waals surface area contributed by atoms with E-state index in [0.717, 1.165) is 12.1 Å². The molecule has 19 heteroatoms. The summed E-state index contributed by atoms with van der Waals surface area (Å²) in [6.07, 6.45) is -2.84. The van der Waals surface area contributed by atoms with E-state index in [1.165, 1.54) is 18.5 Å². The Balaban J connectivity index is 0.000000830. The number of aliphatic hydroxyl groups excluding tert-OH is 1. The molecule has 11 nitrogen and oxygen atoms in total. The van der Waals surface area contributed by atoms with Crippen LogP contribution < -0.4 is 16.4 Å². The van der Waals surface area contributed by atoms with Crippen LogP contribution in [0.5, 0.6) is 0 Å². The minimum atomic E-state index is -4.48. The van der Waals surface area contributed by atoms with Crippen LogP contribution in [0.2, 0.25) is 0 Å². The van der Waals surface area contributed by atoms with Crippen molar-refractivity contribution < 1.29 is 32.0 Å². The first-order chi connectivity index (χ1) is 19.8. The van der Waals surface area contributed by atoms with Crippen molar-refractivity contribution >= 4 is 73.8 Å². The summed E-state index contributed by atoms with van der Waals surface area (Å²) in [4.78, 5) is 19.9. The number of halogens is 7. The van der Waals surface area contributed by atoms with E-state index in [-0.39, 0.29) is 42.0 Å². The van der Waals surface area contributed by atoms with Gasteiger partial charge in [-0.3, -0.25) is 5.32 Å². The Hall–Kier alpha value is -3.34. The summed E-state index contributed by atoms with van der Waals surface area (Å²) in [5.74, 6) is -0.955. The van der Waals surface area contributed by atoms with Gasteiger partial charge in [-0.05, 0) is 37.8 Å². The number of benzene rings is 1. The van der Waals surface area contributed by atoms with Gasteiger partial charge in [0, 0.05) is 11.6 Å². The Morgan fingerprint density at radius 2 is 1.86 bits per heavy atom. The van der Waals surface area contributed by atoms with Crippen LogP contribution in [0.25, 0.3) is 22.3 Å². The fourth-order valence-corrected chi connectivity index (χ4v) is 4.61. The van der Waals surface area contributed by atoms with E-state index < -0.39 is 34.5 Å². The molecule has 6 rings (SSSR count). The summed E-state index contributed by atoms with van der Waals surface area (Å²) in [5.41, 5.74) is 4.63. The van der Waals surface area contributed by atoms with Gasteiger partial charge in [-0.1, -0.05) is 11.2 Å². The van der Waals surface area contributed by atoms with Gasteiger partial charge >= 0.3 is 17.2 Å². The maximum atomic E-state index is 15.0. The number of carbonyl (C=O) groups is 1. The van der Waals surface area contributed by atoms with E-state index in [4.69, 9.17) is 44.6 Å². The number of nitrogens with zero attached hydrogens (tertiary/aromatic N) is 5. The highest BCUT2D eigenvalue weighted by molar-refractivity contribution is 7.54. The molecule has 2 aliphatic rings. The van der Waals surface area contributed by atoms with Gasteiger partial charge < -0.3 is 20.7 Å². The number of fused-ring (bicyclic) bond motifs is 1. The Morgan fingerprint density at radius 3 is 2.45 bits per heavy atom. The summed E-state index contributed by atoms with van der Waals surface area (Å²) in [6, 6.07) is 3.95. The second-order valence-electron chi connectivity index (χ2n) is 9.71. The number of urea groups is 1. The second kappa shape index (κ2) is 11.4. The van der Waals surface area contributed by atoms with Gasteiger partial charge in [0.15, 0.2) is 5.65 Å². The average Bonchev–Trinajstić information content (AvgIpc) is 3.44. The van der Waals surface area contributed by atoms with Gasteiger partial charge in [0.25, 0.3) is 0 Å². The van der Waals surface area contributed by atoms with Crippen molar-refractivity contribution in [2.24, 2.45) is 0 Å². The van der Waals surface area contributed by atoms with Gasteiger partial charge in [-0.25, -0.2) is 23.8 Å². The monoisotopic (exact) mass is 648 g/mol. The van der Waals surface area contributed by atoms with Crippen LogP contribution in [0.15, 0.2) is 35.1 Å². The molecule has 2 saturated carbocycles. The highest BCUT2D eigenvalue weighted by Gasteiger charge is 2.66. The molecule has 0 radical (unpaired) electrons. The third kappa shape index (κ3) is 5.93. The van der Waals surface area contributed by atoms with Crippen molar-refractivity contribution in [2.75, 3.05) is 16.4 Å². The number of aromatic nitrogens is 5. The highest BCUT2D eigenvalue weighted by Crippen LogP contribution is 2.58.